The number of hydrogen-bond acceptors (Lipinski definition) is 3. The molecule has 0 aromatic carbocycles. The molecule has 0 saturated heterocycles. The summed E-state index contributed by atoms with van der Waals surface area (Å²) in [7, 11) is 0. The second-order valence-corrected chi connectivity index (χ2v) is 4.10. The Labute approximate surface area is 82.2 Å². The van der Waals surface area contributed by atoms with Gasteiger partial charge >= 0.3 is 0 Å². The van der Waals surface area contributed by atoms with E-state index < -0.39 is 0 Å². The summed E-state index contributed by atoms with van der Waals surface area (Å²) in [6.45, 7) is 5.75. The fraction of sp³-hybridized carbons (Fsp3) is 0.556. The van der Waals surface area contributed by atoms with E-state index in [0.717, 1.165) is 17.0 Å². The van der Waals surface area contributed by atoms with E-state index >= 15 is 0 Å². The SMILES string of the molecule is CCSCn1cnc(C)c(C)c1=O. The van der Waals surface area contributed by atoms with Crippen molar-refractivity contribution in [1.29, 1.82) is 0 Å². The molecule has 0 fully saturated rings. The third-order valence-electron chi connectivity index (χ3n) is 1.95. The Morgan fingerprint density at radius 2 is 2.23 bits per heavy atom. The molecule has 0 aliphatic carbocycles. The van der Waals surface area contributed by atoms with Crippen molar-refractivity contribution in [2.24, 2.45) is 0 Å². The van der Waals surface area contributed by atoms with Gasteiger partial charge in [-0.25, -0.2) is 4.98 Å². The molecule has 72 valence electrons. The van der Waals surface area contributed by atoms with Crippen molar-refractivity contribution < 1.29 is 0 Å². The second-order valence-electron chi connectivity index (χ2n) is 2.85. The van der Waals surface area contributed by atoms with Crippen LogP contribution in [0.2, 0.25) is 0 Å². The summed E-state index contributed by atoms with van der Waals surface area (Å²) in [5.41, 5.74) is 1.65. The van der Waals surface area contributed by atoms with Gasteiger partial charge < -0.3 is 0 Å². The fourth-order valence-corrected chi connectivity index (χ4v) is 1.52. The minimum absolute atomic E-state index is 0.0773. The lowest BCUT2D eigenvalue weighted by atomic mass is 10.3. The molecule has 0 atom stereocenters. The second kappa shape index (κ2) is 4.46. The van der Waals surface area contributed by atoms with Gasteiger partial charge in [-0.05, 0) is 19.6 Å². The Kier molecular flexibility index (Phi) is 3.54. The lowest BCUT2D eigenvalue weighted by Crippen LogP contribution is -2.22. The summed E-state index contributed by atoms with van der Waals surface area (Å²) in [6, 6.07) is 0. The monoisotopic (exact) mass is 198 g/mol. The molecule has 0 radical (unpaired) electrons. The van der Waals surface area contributed by atoms with Gasteiger partial charge in [0.25, 0.3) is 5.56 Å². The Hall–Kier alpha value is -0.770. The Balaban J connectivity index is 2.97. The van der Waals surface area contributed by atoms with Gasteiger partial charge in [0.15, 0.2) is 0 Å². The smallest absolute Gasteiger partial charge is 0.257 e. The molecule has 0 unspecified atom stereocenters. The van der Waals surface area contributed by atoms with E-state index in [-0.39, 0.29) is 5.56 Å². The van der Waals surface area contributed by atoms with Crippen molar-refractivity contribution in [3.63, 3.8) is 0 Å². The standard InChI is InChI=1S/C9H14N2OS/c1-4-13-6-11-5-10-8(3)7(2)9(11)12/h5H,4,6H2,1-3H3. The van der Waals surface area contributed by atoms with Crippen molar-refractivity contribution in [3.8, 4) is 0 Å². The van der Waals surface area contributed by atoms with Gasteiger partial charge in [0, 0.05) is 11.3 Å². The van der Waals surface area contributed by atoms with Crippen LogP contribution in [0.5, 0.6) is 0 Å². The number of aromatic nitrogens is 2. The summed E-state index contributed by atoms with van der Waals surface area (Å²) in [5, 5.41) is 0. The van der Waals surface area contributed by atoms with Gasteiger partial charge in [-0.15, -0.1) is 11.8 Å². The Morgan fingerprint density at radius 3 is 2.85 bits per heavy atom. The molecule has 0 spiro atoms. The number of nitrogens with zero attached hydrogens (tertiary/aromatic N) is 2. The highest BCUT2D eigenvalue weighted by Gasteiger charge is 2.02. The molecule has 0 aliphatic rings. The molecule has 3 nitrogen and oxygen atoms in total. The van der Waals surface area contributed by atoms with Crippen LogP contribution < -0.4 is 5.56 Å². The summed E-state index contributed by atoms with van der Waals surface area (Å²) in [4.78, 5) is 15.7. The van der Waals surface area contributed by atoms with Gasteiger partial charge in [-0.2, -0.15) is 0 Å². The lowest BCUT2D eigenvalue weighted by Gasteiger charge is -2.05. The summed E-state index contributed by atoms with van der Waals surface area (Å²) >= 11 is 1.71. The lowest BCUT2D eigenvalue weighted by molar-refractivity contribution is 0.784. The maximum absolute atomic E-state index is 11.6. The van der Waals surface area contributed by atoms with E-state index in [1.165, 1.54) is 0 Å². The van der Waals surface area contributed by atoms with Crippen LogP contribution in [0.1, 0.15) is 18.2 Å². The van der Waals surface area contributed by atoms with Gasteiger partial charge in [-0.1, -0.05) is 6.92 Å². The van der Waals surface area contributed by atoms with Crippen molar-refractivity contribution >= 4 is 11.8 Å². The number of rotatable bonds is 3. The summed E-state index contributed by atoms with van der Waals surface area (Å²) in [6.07, 6.45) is 1.62. The first-order valence-corrected chi connectivity index (χ1v) is 5.42. The highest BCUT2D eigenvalue weighted by atomic mass is 32.2. The molecular formula is C9H14N2OS. The zero-order valence-electron chi connectivity index (χ0n) is 8.20. The van der Waals surface area contributed by atoms with Crippen LogP contribution in [0.4, 0.5) is 0 Å². The Morgan fingerprint density at radius 1 is 1.54 bits per heavy atom. The predicted octanol–water partition coefficient (Wildman–Crippen LogP) is 1.57. The third kappa shape index (κ3) is 2.34. The van der Waals surface area contributed by atoms with E-state index in [4.69, 9.17) is 0 Å². The van der Waals surface area contributed by atoms with Crippen LogP contribution in [-0.4, -0.2) is 15.3 Å². The first-order valence-electron chi connectivity index (χ1n) is 4.27. The molecule has 0 bridgehead atoms. The average Bonchev–Trinajstić information content (AvgIpc) is 2.13. The average molecular weight is 198 g/mol. The van der Waals surface area contributed by atoms with Crippen LogP contribution >= 0.6 is 11.8 Å². The molecule has 1 aromatic rings. The van der Waals surface area contributed by atoms with Crippen LogP contribution in [0.3, 0.4) is 0 Å². The molecule has 1 heterocycles. The van der Waals surface area contributed by atoms with Crippen LogP contribution in [0.25, 0.3) is 0 Å². The molecule has 0 N–H and O–H groups in total. The summed E-state index contributed by atoms with van der Waals surface area (Å²) < 4.78 is 1.65. The van der Waals surface area contributed by atoms with Gasteiger partial charge in [0.05, 0.1) is 12.2 Å². The maximum atomic E-state index is 11.6. The fourth-order valence-electron chi connectivity index (χ4n) is 0.957. The normalized spacial score (nSPS) is 10.4. The highest BCUT2D eigenvalue weighted by Crippen LogP contribution is 2.02. The van der Waals surface area contributed by atoms with E-state index in [0.29, 0.717) is 5.88 Å². The van der Waals surface area contributed by atoms with Gasteiger partial charge in [0.2, 0.25) is 0 Å². The molecule has 0 amide bonds. The van der Waals surface area contributed by atoms with Crippen LogP contribution in [-0.2, 0) is 5.88 Å². The van der Waals surface area contributed by atoms with E-state index in [1.54, 1.807) is 22.7 Å². The molecule has 4 heteroatoms. The topological polar surface area (TPSA) is 34.9 Å². The third-order valence-corrected chi connectivity index (χ3v) is 2.82. The highest BCUT2D eigenvalue weighted by molar-refractivity contribution is 7.98. The predicted molar refractivity (Wildman–Crippen MR) is 56.1 cm³/mol. The zero-order valence-corrected chi connectivity index (χ0v) is 9.02. The minimum Gasteiger partial charge on any atom is -0.289 e. The Bertz CT molecular complexity index is 346. The van der Waals surface area contributed by atoms with Gasteiger partial charge in [0.1, 0.15) is 0 Å². The van der Waals surface area contributed by atoms with E-state index in [9.17, 15) is 4.79 Å². The molecular weight excluding hydrogens is 184 g/mol. The van der Waals surface area contributed by atoms with Crippen molar-refractivity contribution in [3.05, 3.63) is 27.9 Å². The number of hydrogen-bond donors (Lipinski definition) is 0. The summed E-state index contributed by atoms with van der Waals surface area (Å²) in [5.74, 6) is 1.71. The molecule has 0 saturated carbocycles. The van der Waals surface area contributed by atoms with Crippen molar-refractivity contribution in [1.82, 2.24) is 9.55 Å². The van der Waals surface area contributed by atoms with E-state index in [1.807, 2.05) is 13.8 Å². The minimum atomic E-state index is 0.0773. The maximum Gasteiger partial charge on any atom is 0.257 e. The van der Waals surface area contributed by atoms with E-state index in [2.05, 4.69) is 11.9 Å². The van der Waals surface area contributed by atoms with Crippen LogP contribution in [0.15, 0.2) is 11.1 Å². The van der Waals surface area contributed by atoms with Crippen LogP contribution in [0, 0.1) is 13.8 Å². The van der Waals surface area contributed by atoms with Crippen molar-refractivity contribution in [2.75, 3.05) is 5.75 Å². The number of aryl methyl sites for hydroxylation is 1. The largest absolute Gasteiger partial charge is 0.289 e. The molecule has 1 aromatic heterocycles. The van der Waals surface area contributed by atoms with Crippen molar-refractivity contribution in [2.45, 2.75) is 26.6 Å². The quantitative estimate of drug-likeness (QED) is 0.739. The molecule has 1 rings (SSSR count). The molecule has 13 heavy (non-hydrogen) atoms. The number of thioether (sulfide) groups is 1. The van der Waals surface area contributed by atoms with Gasteiger partial charge in [-0.3, -0.25) is 9.36 Å². The zero-order chi connectivity index (χ0) is 9.84. The first-order chi connectivity index (χ1) is 6.16. The first kappa shape index (κ1) is 10.3. The molecule has 0 aliphatic heterocycles.